The Labute approximate surface area is 425 Å². The number of anilines is 5. The van der Waals surface area contributed by atoms with E-state index in [2.05, 4.69) is 208 Å². The van der Waals surface area contributed by atoms with E-state index in [1.54, 1.807) is 0 Å². The molecule has 0 fully saturated rings. The van der Waals surface area contributed by atoms with E-state index in [9.17, 15) is 0 Å². The van der Waals surface area contributed by atoms with E-state index in [0.29, 0.717) is 0 Å². The zero-order valence-corrected chi connectivity index (χ0v) is 44.8. The molecule has 0 atom stereocenters. The van der Waals surface area contributed by atoms with Crippen LogP contribution in [0.1, 0.15) is 155 Å². The maximum absolute atomic E-state index is 6.85. The van der Waals surface area contributed by atoms with Crippen molar-refractivity contribution in [1.82, 2.24) is 0 Å². The SMILES string of the molecule is CC1(C)CCC(C)(C)c2cc(N3B4c5cc6c(cc5N(c5ccc7c(c5)C(C)(C)CCC7(C)C)c5c4c(cc4c5sc5ccccc54)-c4c3ccc3oc5ccccc5c43)C(C)(C)CCC6(C)C)ccc21. The van der Waals surface area contributed by atoms with Crippen LogP contribution in [0.3, 0.4) is 0 Å². The fourth-order valence-electron chi connectivity index (χ4n) is 14.6. The van der Waals surface area contributed by atoms with Gasteiger partial charge in [0.15, 0.2) is 0 Å². The number of thiophene rings is 1. The van der Waals surface area contributed by atoms with Gasteiger partial charge in [0.2, 0.25) is 0 Å². The molecule has 3 aliphatic carbocycles. The first-order chi connectivity index (χ1) is 33.7. The molecule has 0 saturated carbocycles. The number of rotatable bonds is 2. The first-order valence-electron chi connectivity index (χ1n) is 26.7. The molecule has 2 aliphatic heterocycles. The number of hydrogen-bond donors (Lipinski definition) is 0. The predicted molar refractivity (Wildman–Crippen MR) is 306 cm³/mol. The van der Waals surface area contributed by atoms with Crippen molar-refractivity contribution in [3.63, 3.8) is 0 Å². The molecule has 0 unspecified atom stereocenters. The van der Waals surface area contributed by atoms with Crippen molar-refractivity contribution >= 4 is 99.7 Å². The van der Waals surface area contributed by atoms with E-state index in [4.69, 9.17) is 4.42 Å². The lowest BCUT2D eigenvalue weighted by atomic mass is 9.42. The lowest BCUT2D eigenvalue weighted by Crippen LogP contribution is -2.62. The maximum atomic E-state index is 6.85. The second kappa shape index (κ2) is 14.0. The molecule has 0 amide bonds. The molecule has 9 aromatic rings. The van der Waals surface area contributed by atoms with Crippen molar-refractivity contribution < 1.29 is 4.42 Å². The molecule has 0 saturated heterocycles. The minimum absolute atomic E-state index is 0.0192. The summed E-state index contributed by atoms with van der Waals surface area (Å²) in [4.78, 5) is 5.56. The fraction of sp³-hybridized carbons (Fsp3) is 0.364. The number of hydrogen-bond acceptors (Lipinski definition) is 4. The molecule has 5 heteroatoms. The lowest BCUT2D eigenvalue weighted by molar-refractivity contribution is 0.332. The van der Waals surface area contributed by atoms with Gasteiger partial charge in [0, 0.05) is 54.6 Å². The van der Waals surface area contributed by atoms with Crippen LogP contribution in [0, 0.1) is 0 Å². The van der Waals surface area contributed by atoms with Crippen molar-refractivity contribution in [2.24, 2.45) is 0 Å². The number of nitrogens with zero attached hydrogens (tertiary/aromatic N) is 2. The molecule has 14 rings (SSSR count). The summed E-state index contributed by atoms with van der Waals surface area (Å²) in [5.74, 6) is 0. The van der Waals surface area contributed by atoms with Crippen LogP contribution in [0.25, 0.3) is 53.2 Å². The zero-order valence-electron chi connectivity index (χ0n) is 44.0. The van der Waals surface area contributed by atoms with Gasteiger partial charge in [-0.25, -0.2) is 0 Å². The van der Waals surface area contributed by atoms with Crippen molar-refractivity contribution in [2.75, 3.05) is 9.71 Å². The molecule has 7 aromatic carbocycles. The molecule has 0 N–H and O–H groups in total. The van der Waals surface area contributed by atoms with Crippen LogP contribution in [0.5, 0.6) is 0 Å². The largest absolute Gasteiger partial charge is 0.456 e. The van der Waals surface area contributed by atoms with Crippen LogP contribution in [0.4, 0.5) is 28.4 Å². The minimum Gasteiger partial charge on any atom is -0.456 e. The predicted octanol–water partition coefficient (Wildman–Crippen LogP) is 17.7. The van der Waals surface area contributed by atoms with E-state index in [-0.39, 0.29) is 39.3 Å². The Balaban J connectivity index is 1.19. The molecule has 71 heavy (non-hydrogen) atoms. The monoisotopic (exact) mass is 947 g/mol. The molecule has 5 aliphatic rings. The lowest BCUT2D eigenvalue weighted by Gasteiger charge is -2.49. The topological polar surface area (TPSA) is 19.6 Å². The van der Waals surface area contributed by atoms with Gasteiger partial charge in [0.05, 0.1) is 10.4 Å². The van der Waals surface area contributed by atoms with Gasteiger partial charge in [0.25, 0.3) is 0 Å². The van der Waals surface area contributed by atoms with Gasteiger partial charge in [-0.1, -0.05) is 138 Å². The normalized spacial score (nSPS) is 20.4. The highest BCUT2D eigenvalue weighted by atomic mass is 32.1. The quantitative estimate of drug-likeness (QED) is 0.161. The third-order valence-electron chi connectivity index (χ3n) is 19.2. The van der Waals surface area contributed by atoms with Crippen LogP contribution in [-0.2, 0) is 32.5 Å². The molecule has 2 aromatic heterocycles. The number of para-hydroxylation sites is 1. The Morgan fingerprint density at radius 1 is 0.465 bits per heavy atom. The molecule has 356 valence electrons. The Bertz CT molecular complexity index is 3820. The Morgan fingerprint density at radius 3 is 1.65 bits per heavy atom. The first-order valence-corrected chi connectivity index (χ1v) is 27.5. The van der Waals surface area contributed by atoms with E-state index in [1.165, 1.54) is 140 Å². The second-order valence-corrected chi connectivity index (χ2v) is 27.5. The summed E-state index contributed by atoms with van der Waals surface area (Å²) in [6.07, 6.45) is 7.03. The highest BCUT2D eigenvalue weighted by Crippen LogP contribution is 2.58. The molecule has 3 nitrogen and oxygen atoms in total. The number of benzene rings is 7. The van der Waals surface area contributed by atoms with E-state index in [0.717, 1.165) is 24.0 Å². The molecule has 0 spiro atoms. The number of fused-ring (bicyclic) bond motifs is 15. The summed E-state index contributed by atoms with van der Waals surface area (Å²) in [7, 11) is 0. The van der Waals surface area contributed by atoms with Gasteiger partial charge in [-0.05, 0) is 182 Å². The van der Waals surface area contributed by atoms with E-state index >= 15 is 0 Å². The van der Waals surface area contributed by atoms with Crippen molar-refractivity contribution in [2.45, 2.75) is 154 Å². The zero-order chi connectivity index (χ0) is 49.1. The molecular weight excluding hydrogens is 880 g/mol. The molecule has 4 heterocycles. The third kappa shape index (κ3) is 5.96. The smallest absolute Gasteiger partial charge is 0.333 e. The third-order valence-corrected chi connectivity index (χ3v) is 20.4. The summed E-state index contributed by atoms with van der Waals surface area (Å²) in [6, 6.07) is 45.8. The van der Waals surface area contributed by atoms with Crippen LogP contribution in [0.15, 0.2) is 120 Å². The van der Waals surface area contributed by atoms with Gasteiger partial charge in [-0.15, -0.1) is 11.3 Å². The van der Waals surface area contributed by atoms with Crippen molar-refractivity contribution in [3.8, 4) is 11.1 Å². The van der Waals surface area contributed by atoms with E-state index < -0.39 is 0 Å². The Morgan fingerprint density at radius 2 is 1.00 bits per heavy atom. The van der Waals surface area contributed by atoms with Crippen molar-refractivity contribution in [1.29, 1.82) is 0 Å². The first kappa shape index (κ1) is 44.0. The minimum atomic E-state index is -0.110. The van der Waals surface area contributed by atoms with Crippen LogP contribution in [0.2, 0.25) is 0 Å². The standard InChI is InChI=1S/C66H67BN2OS/c1-61(2)27-29-63(5,6)46-33-38(21-23-44(46)61)68-52-37-49-48(65(9,10)31-32-66(49,11)12)36-50(52)67-58-43(35-42-40-17-14-16-20-55(40)71-60(42)59(58)68)56-51(25-26-54-57(56)41-18-13-15-19-53(41)70-54)69(67)39-22-24-45-47(34-39)64(7,8)30-28-62(45,3)4/h13-26,33-37H,27-32H2,1-12H3. The van der Waals surface area contributed by atoms with Gasteiger partial charge in [-0.3, -0.25) is 0 Å². The summed E-state index contributed by atoms with van der Waals surface area (Å²) in [5, 5.41) is 5.02. The van der Waals surface area contributed by atoms with Crippen LogP contribution in [-0.4, -0.2) is 6.85 Å². The maximum Gasteiger partial charge on any atom is 0.333 e. The van der Waals surface area contributed by atoms with Crippen LogP contribution >= 0.6 is 11.3 Å². The fourth-order valence-corrected chi connectivity index (χ4v) is 15.8. The molecular formula is C66H67BN2OS. The van der Waals surface area contributed by atoms with Gasteiger partial charge < -0.3 is 14.1 Å². The molecule has 0 radical (unpaired) electrons. The van der Waals surface area contributed by atoms with Gasteiger partial charge >= 0.3 is 6.85 Å². The van der Waals surface area contributed by atoms with Crippen molar-refractivity contribution in [3.05, 3.63) is 149 Å². The summed E-state index contributed by atoms with van der Waals surface area (Å²) in [6.45, 7) is 29.7. The highest BCUT2D eigenvalue weighted by Gasteiger charge is 2.50. The average Bonchev–Trinajstić information content (AvgIpc) is 3.92. The summed E-state index contributed by atoms with van der Waals surface area (Å²) in [5.41, 5.74) is 23.0. The van der Waals surface area contributed by atoms with Gasteiger partial charge in [-0.2, -0.15) is 0 Å². The highest BCUT2D eigenvalue weighted by molar-refractivity contribution is 7.26. The Hall–Kier alpha value is -5.78. The Kier molecular flexibility index (Phi) is 8.69. The average molecular weight is 947 g/mol. The van der Waals surface area contributed by atoms with Gasteiger partial charge in [0.1, 0.15) is 11.2 Å². The van der Waals surface area contributed by atoms with Crippen LogP contribution < -0.4 is 20.6 Å². The second-order valence-electron chi connectivity index (χ2n) is 26.4. The summed E-state index contributed by atoms with van der Waals surface area (Å²) >= 11 is 1.98. The van der Waals surface area contributed by atoms with E-state index in [1.807, 2.05) is 11.3 Å². The molecule has 0 bridgehead atoms. The summed E-state index contributed by atoms with van der Waals surface area (Å²) < 4.78 is 9.54. The number of furan rings is 1.